The molecule has 0 radical (unpaired) electrons. The van der Waals surface area contributed by atoms with Gasteiger partial charge in [-0.25, -0.2) is 0 Å². The number of nitrogens with two attached hydrogens (primary N) is 1. The van der Waals surface area contributed by atoms with Crippen LogP contribution in [0, 0.1) is 11.3 Å². The molecule has 0 aliphatic carbocycles. The van der Waals surface area contributed by atoms with E-state index in [0.29, 0.717) is 24.3 Å². The molecule has 2 aliphatic rings. The van der Waals surface area contributed by atoms with Gasteiger partial charge in [-0.3, -0.25) is 9.80 Å². The molecule has 2 aliphatic heterocycles. The number of ether oxygens (including phenoxy) is 1. The van der Waals surface area contributed by atoms with Crippen molar-refractivity contribution in [3.63, 3.8) is 0 Å². The van der Waals surface area contributed by atoms with Gasteiger partial charge in [0, 0.05) is 38.3 Å². The topological polar surface area (TPSA) is 65.5 Å². The fraction of sp³-hybridized carbons (Fsp3) is 0.435. The fourth-order valence-corrected chi connectivity index (χ4v) is 4.50. The molecule has 2 saturated heterocycles. The molecule has 0 spiro atoms. The Morgan fingerprint density at radius 1 is 1.04 bits per heavy atom. The maximum Gasteiger partial charge on any atom is 0.119 e. The first-order valence-corrected chi connectivity index (χ1v) is 10.1. The van der Waals surface area contributed by atoms with Crippen molar-refractivity contribution in [3.8, 4) is 11.8 Å². The van der Waals surface area contributed by atoms with Crippen LogP contribution in [0.15, 0.2) is 54.6 Å². The molecule has 3 atom stereocenters. The van der Waals surface area contributed by atoms with Crippen LogP contribution in [0.4, 0.5) is 0 Å². The predicted octanol–water partition coefficient (Wildman–Crippen LogP) is 2.61. The number of nitriles is 1. The molecule has 4 rings (SSSR count). The molecule has 0 amide bonds. The van der Waals surface area contributed by atoms with Crippen LogP contribution in [-0.4, -0.2) is 54.2 Å². The number of benzene rings is 2. The Balaban J connectivity index is 1.26. The SMILES string of the molecule is N#Cc1ccc(OC[C@H](N)CN2C3CCC2CN(Cc2ccccc2)C3)cc1. The molecule has 28 heavy (non-hydrogen) atoms. The molecule has 5 heteroatoms. The zero-order valence-corrected chi connectivity index (χ0v) is 16.2. The van der Waals surface area contributed by atoms with E-state index in [2.05, 4.69) is 46.2 Å². The van der Waals surface area contributed by atoms with Crippen molar-refractivity contribution < 1.29 is 4.74 Å². The molecule has 2 N–H and O–H groups in total. The van der Waals surface area contributed by atoms with Crippen molar-refractivity contribution in [1.82, 2.24) is 9.80 Å². The highest BCUT2D eigenvalue weighted by Crippen LogP contribution is 2.30. The highest BCUT2D eigenvalue weighted by Gasteiger charge is 2.40. The lowest BCUT2D eigenvalue weighted by molar-refractivity contribution is 0.0539. The van der Waals surface area contributed by atoms with Crippen molar-refractivity contribution in [2.45, 2.75) is 37.5 Å². The Labute approximate surface area is 167 Å². The van der Waals surface area contributed by atoms with E-state index in [0.717, 1.165) is 31.9 Å². The summed E-state index contributed by atoms with van der Waals surface area (Å²) >= 11 is 0. The molecule has 146 valence electrons. The van der Waals surface area contributed by atoms with Gasteiger partial charge in [0.15, 0.2) is 0 Å². The van der Waals surface area contributed by atoms with Crippen LogP contribution >= 0.6 is 0 Å². The van der Waals surface area contributed by atoms with E-state index in [1.54, 1.807) is 12.1 Å². The summed E-state index contributed by atoms with van der Waals surface area (Å²) in [4.78, 5) is 5.20. The largest absolute Gasteiger partial charge is 0.492 e. The minimum atomic E-state index is -0.0144. The molecule has 2 bridgehead atoms. The number of hydrogen-bond acceptors (Lipinski definition) is 5. The average Bonchev–Trinajstić information content (AvgIpc) is 2.95. The number of nitrogens with zero attached hydrogens (tertiary/aromatic N) is 3. The maximum absolute atomic E-state index is 8.87. The molecule has 5 nitrogen and oxygen atoms in total. The Morgan fingerprint density at radius 3 is 2.36 bits per heavy atom. The second-order valence-electron chi connectivity index (χ2n) is 7.97. The van der Waals surface area contributed by atoms with Crippen LogP contribution in [0.5, 0.6) is 5.75 Å². The van der Waals surface area contributed by atoms with Gasteiger partial charge in [0.2, 0.25) is 0 Å². The lowest BCUT2D eigenvalue weighted by Gasteiger charge is -2.42. The summed E-state index contributed by atoms with van der Waals surface area (Å²) < 4.78 is 5.83. The number of hydrogen-bond donors (Lipinski definition) is 1. The van der Waals surface area contributed by atoms with Gasteiger partial charge in [0.25, 0.3) is 0 Å². The first-order valence-electron chi connectivity index (χ1n) is 10.1. The predicted molar refractivity (Wildman–Crippen MR) is 110 cm³/mol. The van der Waals surface area contributed by atoms with Crippen molar-refractivity contribution in [2.24, 2.45) is 5.73 Å². The zero-order valence-electron chi connectivity index (χ0n) is 16.2. The molecule has 2 heterocycles. The second kappa shape index (κ2) is 8.74. The van der Waals surface area contributed by atoms with Crippen LogP contribution in [0.3, 0.4) is 0 Å². The van der Waals surface area contributed by atoms with Crippen molar-refractivity contribution in [2.75, 3.05) is 26.2 Å². The van der Waals surface area contributed by atoms with Crippen LogP contribution in [0.1, 0.15) is 24.0 Å². The standard InChI is InChI=1S/C23H28N4O/c24-12-18-6-10-23(11-7-18)28-17-20(25)14-27-21-8-9-22(27)16-26(15-21)13-19-4-2-1-3-5-19/h1-7,10-11,20-22H,8-9,13-17,25H2/t20-,21?,22?/m1/s1. The molecule has 2 aromatic carbocycles. The highest BCUT2D eigenvalue weighted by atomic mass is 16.5. The number of piperazine rings is 1. The van der Waals surface area contributed by atoms with E-state index in [1.807, 2.05) is 12.1 Å². The van der Waals surface area contributed by atoms with Crippen LogP contribution in [-0.2, 0) is 6.54 Å². The summed E-state index contributed by atoms with van der Waals surface area (Å²) in [5, 5.41) is 8.87. The van der Waals surface area contributed by atoms with E-state index < -0.39 is 0 Å². The van der Waals surface area contributed by atoms with E-state index in [-0.39, 0.29) is 6.04 Å². The maximum atomic E-state index is 8.87. The molecule has 2 fully saturated rings. The summed E-state index contributed by atoms with van der Waals surface area (Å²) in [5.41, 5.74) is 8.42. The van der Waals surface area contributed by atoms with E-state index in [1.165, 1.54) is 18.4 Å². The molecular weight excluding hydrogens is 348 g/mol. The van der Waals surface area contributed by atoms with Crippen LogP contribution in [0.25, 0.3) is 0 Å². The average molecular weight is 377 g/mol. The fourth-order valence-electron chi connectivity index (χ4n) is 4.50. The van der Waals surface area contributed by atoms with Gasteiger partial charge >= 0.3 is 0 Å². The third-order valence-corrected chi connectivity index (χ3v) is 5.85. The first-order chi connectivity index (χ1) is 13.7. The van der Waals surface area contributed by atoms with E-state index >= 15 is 0 Å². The van der Waals surface area contributed by atoms with Gasteiger partial charge in [0.1, 0.15) is 12.4 Å². The van der Waals surface area contributed by atoms with Crippen LogP contribution in [0.2, 0.25) is 0 Å². The molecule has 2 unspecified atom stereocenters. The third-order valence-electron chi connectivity index (χ3n) is 5.85. The summed E-state index contributed by atoms with van der Waals surface area (Å²) in [6.07, 6.45) is 2.53. The summed E-state index contributed by atoms with van der Waals surface area (Å²) in [5.74, 6) is 0.769. The second-order valence-corrected chi connectivity index (χ2v) is 7.97. The van der Waals surface area contributed by atoms with E-state index in [9.17, 15) is 0 Å². The molecule has 0 saturated carbocycles. The summed E-state index contributed by atoms with van der Waals surface area (Å²) in [6.45, 7) is 4.65. The van der Waals surface area contributed by atoms with Gasteiger partial charge in [0.05, 0.1) is 17.7 Å². The van der Waals surface area contributed by atoms with Crippen molar-refractivity contribution in [3.05, 3.63) is 65.7 Å². The molecular formula is C23H28N4O. The van der Waals surface area contributed by atoms with Gasteiger partial charge in [-0.2, -0.15) is 5.26 Å². The summed E-state index contributed by atoms with van der Waals surface area (Å²) in [6, 6.07) is 21.2. The van der Waals surface area contributed by atoms with Gasteiger partial charge < -0.3 is 10.5 Å². The highest BCUT2D eigenvalue weighted by molar-refractivity contribution is 5.34. The van der Waals surface area contributed by atoms with Crippen LogP contribution < -0.4 is 10.5 Å². The Kier molecular flexibility index (Phi) is 5.92. The lowest BCUT2D eigenvalue weighted by Crippen LogP contribution is -2.56. The smallest absolute Gasteiger partial charge is 0.119 e. The normalized spacial score (nSPS) is 23.3. The number of likely N-dealkylation sites (tertiary alicyclic amines) is 1. The quantitative estimate of drug-likeness (QED) is 0.805. The molecule has 0 aromatic heterocycles. The first kappa shape index (κ1) is 18.9. The Morgan fingerprint density at radius 2 is 1.71 bits per heavy atom. The van der Waals surface area contributed by atoms with Crippen molar-refractivity contribution in [1.29, 1.82) is 5.26 Å². The summed E-state index contributed by atoms with van der Waals surface area (Å²) in [7, 11) is 0. The zero-order chi connectivity index (χ0) is 19.3. The monoisotopic (exact) mass is 376 g/mol. The lowest BCUT2D eigenvalue weighted by atomic mass is 10.1. The minimum absolute atomic E-state index is 0.0144. The Bertz CT molecular complexity index is 788. The molecule has 2 aromatic rings. The minimum Gasteiger partial charge on any atom is -0.492 e. The third kappa shape index (κ3) is 4.53. The van der Waals surface area contributed by atoms with Gasteiger partial charge in [-0.05, 0) is 42.7 Å². The van der Waals surface area contributed by atoms with Gasteiger partial charge in [-0.1, -0.05) is 30.3 Å². The number of fused-ring (bicyclic) bond motifs is 2. The van der Waals surface area contributed by atoms with Gasteiger partial charge in [-0.15, -0.1) is 0 Å². The Hall–Kier alpha value is -2.39. The van der Waals surface area contributed by atoms with E-state index in [4.69, 9.17) is 15.7 Å². The van der Waals surface area contributed by atoms with Crippen molar-refractivity contribution >= 4 is 0 Å². The number of rotatable bonds is 7.